The summed E-state index contributed by atoms with van der Waals surface area (Å²) in [5, 5.41) is 0. The van der Waals surface area contributed by atoms with Crippen LogP contribution in [0.2, 0.25) is 0 Å². The number of halogens is 2. The van der Waals surface area contributed by atoms with Crippen LogP contribution < -0.4 is 9.64 Å². The normalized spacial score (nSPS) is 13.7. The Labute approximate surface area is 127 Å². The molecule has 0 saturated heterocycles. The molecule has 1 aliphatic rings. The van der Waals surface area contributed by atoms with Gasteiger partial charge in [-0.1, -0.05) is 18.2 Å². The maximum Gasteiger partial charge on any atom is 0.264 e. The first-order chi connectivity index (χ1) is 10.6. The van der Waals surface area contributed by atoms with Crippen LogP contribution in [0, 0.1) is 11.6 Å². The third-order valence-corrected chi connectivity index (χ3v) is 3.82. The minimum Gasteiger partial charge on any atom is -0.495 e. The van der Waals surface area contributed by atoms with Crippen molar-refractivity contribution >= 4 is 11.6 Å². The average Bonchev–Trinajstić information content (AvgIpc) is 2.53. The van der Waals surface area contributed by atoms with Crippen molar-refractivity contribution in [2.24, 2.45) is 0 Å². The third-order valence-electron chi connectivity index (χ3n) is 3.82. The summed E-state index contributed by atoms with van der Waals surface area (Å²) < 4.78 is 33.1. The topological polar surface area (TPSA) is 29.5 Å². The Kier molecular flexibility index (Phi) is 3.79. The molecule has 0 aromatic heterocycles. The second-order valence-corrected chi connectivity index (χ2v) is 5.13. The number of carbonyl (C=O) groups is 1. The van der Waals surface area contributed by atoms with E-state index in [4.69, 9.17) is 4.74 Å². The van der Waals surface area contributed by atoms with Gasteiger partial charge in [0.25, 0.3) is 5.91 Å². The molecule has 3 rings (SSSR count). The van der Waals surface area contributed by atoms with E-state index < -0.39 is 23.1 Å². The molecule has 0 fully saturated rings. The molecule has 0 saturated carbocycles. The number of para-hydroxylation sites is 1. The largest absolute Gasteiger partial charge is 0.495 e. The summed E-state index contributed by atoms with van der Waals surface area (Å²) in [7, 11) is 1.51. The van der Waals surface area contributed by atoms with Gasteiger partial charge in [-0.2, -0.15) is 0 Å². The van der Waals surface area contributed by atoms with Crippen LogP contribution >= 0.6 is 0 Å². The molecule has 0 radical (unpaired) electrons. The number of nitrogens with zero attached hydrogens (tertiary/aromatic N) is 1. The molecule has 1 heterocycles. The molecule has 0 N–H and O–H groups in total. The minimum atomic E-state index is -0.855. The van der Waals surface area contributed by atoms with Crippen LogP contribution in [0.3, 0.4) is 0 Å². The number of carbonyl (C=O) groups excluding carboxylic acids is 1. The van der Waals surface area contributed by atoms with Gasteiger partial charge in [-0.25, -0.2) is 8.78 Å². The van der Waals surface area contributed by atoms with E-state index in [1.54, 1.807) is 6.07 Å². The second-order valence-electron chi connectivity index (χ2n) is 5.13. The van der Waals surface area contributed by atoms with Crippen molar-refractivity contribution in [3.63, 3.8) is 0 Å². The number of benzene rings is 2. The van der Waals surface area contributed by atoms with Gasteiger partial charge in [0.2, 0.25) is 0 Å². The van der Waals surface area contributed by atoms with E-state index in [1.807, 2.05) is 12.1 Å². The predicted octanol–water partition coefficient (Wildman–Crippen LogP) is 3.57. The lowest BCUT2D eigenvalue weighted by Crippen LogP contribution is -2.36. The van der Waals surface area contributed by atoms with E-state index in [1.165, 1.54) is 18.1 Å². The molecule has 0 unspecified atom stereocenters. The molecule has 0 atom stereocenters. The first-order valence-electron chi connectivity index (χ1n) is 7.05. The van der Waals surface area contributed by atoms with Crippen molar-refractivity contribution in [1.29, 1.82) is 0 Å². The smallest absolute Gasteiger partial charge is 0.264 e. The molecule has 2 aromatic carbocycles. The Bertz CT molecular complexity index is 696. The van der Waals surface area contributed by atoms with E-state index in [2.05, 4.69) is 0 Å². The lowest BCUT2D eigenvalue weighted by atomic mass is 9.99. The van der Waals surface area contributed by atoms with Gasteiger partial charge in [-0.15, -0.1) is 0 Å². The molecule has 1 aliphatic heterocycles. The number of hydrogen-bond acceptors (Lipinski definition) is 2. The fourth-order valence-corrected chi connectivity index (χ4v) is 2.82. The number of amides is 1. The first kappa shape index (κ1) is 14.5. The van der Waals surface area contributed by atoms with Crippen LogP contribution in [0.15, 0.2) is 36.4 Å². The summed E-state index contributed by atoms with van der Waals surface area (Å²) in [4.78, 5) is 14.1. The highest BCUT2D eigenvalue weighted by Gasteiger charge is 2.29. The highest BCUT2D eigenvalue weighted by molar-refractivity contribution is 6.08. The standard InChI is InChI=1S/C17H15F2NO2/c1-22-14-9-2-5-11-6-4-10-20(16(11)14)17(21)15-12(18)7-3-8-13(15)19/h2-3,5,7-9H,4,6,10H2,1H3. The molecule has 3 nitrogen and oxygen atoms in total. The zero-order valence-electron chi connectivity index (χ0n) is 12.1. The quantitative estimate of drug-likeness (QED) is 0.849. The van der Waals surface area contributed by atoms with Crippen molar-refractivity contribution in [2.75, 3.05) is 18.6 Å². The van der Waals surface area contributed by atoms with Gasteiger partial charge in [0, 0.05) is 6.54 Å². The van der Waals surface area contributed by atoms with Gasteiger partial charge in [0.15, 0.2) is 0 Å². The Hall–Kier alpha value is -2.43. The summed E-state index contributed by atoms with van der Waals surface area (Å²) in [5.41, 5.74) is 1.01. The second kappa shape index (κ2) is 5.75. The highest BCUT2D eigenvalue weighted by atomic mass is 19.1. The Morgan fingerprint density at radius 3 is 2.50 bits per heavy atom. The summed E-state index contributed by atoms with van der Waals surface area (Å²) >= 11 is 0. The zero-order valence-corrected chi connectivity index (χ0v) is 12.1. The van der Waals surface area contributed by atoms with Gasteiger partial charge in [0.1, 0.15) is 22.9 Å². The number of anilines is 1. The van der Waals surface area contributed by atoms with E-state index in [0.29, 0.717) is 18.0 Å². The van der Waals surface area contributed by atoms with Crippen LogP contribution in [0.5, 0.6) is 5.75 Å². The Balaban J connectivity index is 2.10. The molecular weight excluding hydrogens is 288 g/mol. The van der Waals surface area contributed by atoms with E-state index >= 15 is 0 Å². The number of ether oxygens (including phenoxy) is 1. The van der Waals surface area contributed by atoms with Crippen LogP contribution in [-0.4, -0.2) is 19.6 Å². The number of methoxy groups -OCH3 is 1. The monoisotopic (exact) mass is 303 g/mol. The number of hydrogen-bond donors (Lipinski definition) is 0. The zero-order chi connectivity index (χ0) is 15.7. The van der Waals surface area contributed by atoms with Crippen molar-refractivity contribution in [1.82, 2.24) is 0 Å². The van der Waals surface area contributed by atoms with Crippen LogP contribution in [0.1, 0.15) is 22.3 Å². The number of fused-ring (bicyclic) bond motifs is 1. The Morgan fingerprint density at radius 2 is 1.82 bits per heavy atom. The fourth-order valence-electron chi connectivity index (χ4n) is 2.82. The molecule has 5 heteroatoms. The summed E-state index contributed by atoms with van der Waals surface area (Å²) in [6.07, 6.45) is 1.54. The van der Waals surface area contributed by atoms with Crippen LogP contribution in [-0.2, 0) is 6.42 Å². The maximum absolute atomic E-state index is 13.9. The SMILES string of the molecule is COc1cccc2c1N(C(=O)c1c(F)cccc1F)CCC2. The molecule has 114 valence electrons. The molecule has 1 amide bonds. The number of aryl methyl sites for hydroxylation is 1. The summed E-state index contributed by atoms with van der Waals surface area (Å²) in [6.45, 7) is 0.403. The number of rotatable bonds is 2. The molecular formula is C17H15F2NO2. The van der Waals surface area contributed by atoms with E-state index in [-0.39, 0.29) is 0 Å². The Morgan fingerprint density at radius 1 is 1.14 bits per heavy atom. The lowest BCUT2D eigenvalue weighted by molar-refractivity contribution is 0.0976. The molecule has 22 heavy (non-hydrogen) atoms. The average molecular weight is 303 g/mol. The van der Waals surface area contributed by atoms with Crippen LogP contribution in [0.25, 0.3) is 0 Å². The van der Waals surface area contributed by atoms with Gasteiger partial charge >= 0.3 is 0 Å². The van der Waals surface area contributed by atoms with E-state index in [0.717, 1.165) is 30.5 Å². The molecule has 0 bridgehead atoms. The summed E-state index contributed by atoms with van der Waals surface area (Å²) in [6, 6.07) is 8.89. The molecule has 0 spiro atoms. The first-order valence-corrected chi connectivity index (χ1v) is 7.05. The maximum atomic E-state index is 13.9. The fraction of sp³-hybridized carbons (Fsp3) is 0.235. The van der Waals surface area contributed by atoms with Gasteiger partial charge < -0.3 is 9.64 Å². The van der Waals surface area contributed by atoms with E-state index in [9.17, 15) is 13.6 Å². The third kappa shape index (κ3) is 2.32. The van der Waals surface area contributed by atoms with Gasteiger partial charge in [-0.05, 0) is 36.6 Å². The van der Waals surface area contributed by atoms with Crippen LogP contribution in [0.4, 0.5) is 14.5 Å². The van der Waals surface area contributed by atoms with Gasteiger partial charge in [0.05, 0.1) is 12.8 Å². The summed E-state index contributed by atoms with van der Waals surface area (Å²) in [5.74, 6) is -1.86. The lowest BCUT2D eigenvalue weighted by Gasteiger charge is -2.31. The molecule has 2 aromatic rings. The van der Waals surface area contributed by atoms with Crippen molar-refractivity contribution in [2.45, 2.75) is 12.8 Å². The highest BCUT2D eigenvalue weighted by Crippen LogP contribution is 2.37. The van der Waals surface area contributed by atoms with Gasteiger partial charge in [-0.3, -0.25) is 4.79 Å². The molecule has 0 aliphatic carbocycles. The van der Waals surface area contributed by atoms with Crippen molar-refractivity contribution in [3.8, 4) is 5.75 Å². The van der Waals surface area contributed by atoms with Crippen molar-refractivity contribution in [3.05, 3.63) is 59.2 Å². The minimum absolute atomic E-state index is 0.403. The van der Waals surface area contributed by atoms with Crippen molar-refractivity contribution < 1.29 is 18.3 Å². The predicted molar refractivity (Wildman–Crippen MR) is 79.3 cm³/mol.